The second-order valence-corrected chi connectivity index (χ2v) is 6.58. The summed E-state index contributed by atoms with van der Waals surface area (Å²) < 4.78 is 0. The van der Waals surface area contributed by atoms with Gasteiger partial charge in [-0.1, -0.05) is 19.8 Å². The number of aryl methyl sites for hydroxylation is 1. The number of nitrogens with zero attached hydrogens (tertiary/aromatic N) is 1. The van der Waals surface area contributed by atoms with Gasteiger partial charge >= 0.3 is 5.97 Å². The summed E-state index contributed by atoms with van der Waals surface area (Å²) in [5, 5.41) is 13.2. The molecule has 0 saturated heterocycles. The van der Waals surface area contributed by atoms with Crippen molar-refractivity contribution in [3.05, 3.63) is 10.6 Å². The third-order valence-electron chi connectivity index (χ3n) is 3.87. The zero-order chi connectivity index (χ0) is 13.8. The lowest BCUT2D eigenvalue weighted by Crippen LogP contribution is -2.26. The van der Waals surface area contributed by atoms with Crippen molar-refractivity contribution < 1.29 is 9.90 Å². The average Bonchev–Trinajstić information content (AvgIpc) is 2.73. The first-order valence-electron chi connectivity index (χ1n) is 7.07. The number of carbonyl (C=O) groups is 1. The Bertz CT molecular complexity index is 437. The molecule has 106 valence electrons. The predicted octanol–water partition coefficient (Wildman–Crippen LogP) is 3.92. The van der Waals surface area contributed by atoms with E-state index in [0.29, 0.717) is 6.04 Å². The second-order valence-electron chi connectivity index (χ2n) is 5.38. The highest BCUT2D eigenvalue weighted by Crippen LogP contribution is 2.31. The summed E-state index contributed by atoms with van der Waals surface area (Å²) in [4.78, 5) is 15.9. The molecule has 1 aliphatic carbocycles. The number of rotatable bonds is 5. The van der Waals surface area contributed by atoms with Crippen LogP contribution in [0.5, 0.6) is 0 Å². The fourth-order valence-electron chi connectivity index (χ4n) is 2.83. The van der Waals surface area contributed by atoms with Gasteiger partial charge in [-0.05, 0) is 38.5 Å². The number of aromatic nitrogens is 1. The van der Waals surface area contributed by atoms with E-state index in [-0.39, 0.29) is 5.69 Å². The third-order valence-corrected chi connectivity index (χ3v) is 4.77. The molecular weight excluding hydrogens is 260 g/mol. The van der Waals surface area contributed by atoms with E-state index in [9.17, 15) is 4.79 Å². The molecule has 5 heteroatoms. The molecule has 1 heterocycles. The summed E-state index contributed by atoms with van der Waals surface area (Å²) >= 11 is 1.44. The van der Waals surface area contributed by atoms with E-state index in [1.807, 2.05) is 6.92 Å². The van der Waals surface area contributed by atoms with E-state index in [1.54, 1.807) is 0 Å². The van der Waals surface area contributed by atoms with Crippen LogP contribution in [-0.4, -0.2) is 22.1 Å². The molecule has 1 aromatic rings. The lowest BCUT2D eigenvalue weighted by atomic mass is 9.83. The van der Waals surface area contributed by atoms with Crippen LogP contribution in [0.25, 0.3) is 0 Å². The second kappa shape index (κ2) is 6.37. The summed E-state index contributed by atoms with van der Waals surface area (Å²) in [7, 11) is 0. The van der Waals surface area contributed by atoms with E-state index in [0.717, 1.165) is 15.9 Å². The zero-order valence-electron chi connectivity index (χ0n) is 11.6. The Morgan fingerprint density at radius 2 is 2.11 bits per heavy atom. The summed E-state index contributed by atoms with van der Waals surface area (Å²) in [6, 6.07) is 0.459. The third kappa shape index (κ3) is 3.69. The highest BCUT2D eigenvalue weighted by Gasteiger charge is 2.22. The number of anilines is 1. The van der Waals surface area contributed by atoms with Gasteiger partial charge in [-0.3, -0.25) is 0 Å². The maximum atomic E-state index is 11.0. The molecule has 2 rings (SSSR count). The molecule has 19 heavy (non-hydrogen) atoms. The Morgan fingerprint density at radius 3 is 2.63 bits per heavy atom. The SMILES string of the molecule is CCCC1CCC(Nc2nc(C(=O)O)c(C)s2)CC1. The predicted molar refractivity (Wildman–Crippen MR) is 78.1 cm³/mol. The van der Waals surface area contributed by atoms with Gasteiger partial charge in [0.25, 0.3) is 0 Å². The molecule has 4 nitrogen and oxygen atoms in total. The van der Waals surface area contributed by atoms with Crippen molar-refractivity contribution in [2.45, 2.75) is 58.4 Å². The fraction of sp³-hybridized carbons (Fsp3) is 0.714. The van der Waals surface area contributed by atoms with Crippen LogP contribution in [0, 0.1) is 12.8 Å². The van der Waals surface area contributed by atoms with Crippen LogP contribution in [0.2, 0.25) is 0 Å². The zero-order valence-corrected chi connectivity index (χ0v) is 12.4. The van der Waals surface area contributed by atoms with Crippen molar-refractivity contribution in [1.29, 1.82) is 0 Å². The van der Waals surface area contributed by atoms with Crippen molar-refractivity contribution >= 4 is 22.4 Å². The lowest BCUT2D eigenvalue weighted by Gasteiger charge is -2.28. The number of carboxylic acids is 1. The van der Waals surface area contributed by atoms with Gasteiger partial charge in [0.15, 0.2) is 10.8 Å². The molecule has 1 fully saturated rings. The largest absolute Gasteiger partial charge is 0.476 e. The van der Waals surface area contributed by atoms with E-state index in [1.165, 1.54) is 49.9 Å². The van der Waals surface area contributed by atoms with Crippen LogP contribution in [-0.2, 0) is 0 Å². The molecule has 0 bridgehead atoms. The normalized spacial score (nSPS) is 23.3. The van der Waals surface area contributed by atoms with Gasteiger partial charge in [0.1, 0.15) is 0 Å². The quantitative estimate of drug-likeness (QED) is 0.859. The first kappa shape index (κ1) is 14.3. The summed E-state index contributed by atoms with van der Waals surface area (Å²) in [5.41, 5.74) is 0.187. The minimum atomic E-state index is -0.937. The summed E-state index contributed by atoms with van der Waals surface area (Å²) in [6.07, 6.45) is 7.52. The van der Waals surface area contributed by atoms with Crippen LogP contribution in [0.4, 0.5) is 5.13 Å². The number of hydrogen-bond donors (Lipinski definition) is 2. The van der Waals surface area contributed by atoms with Crippen molar-refractivity contribution in [2.24, 2.45) is 5.92 Å². The molecule has 0 amide bonds. The van der Waals surface area contributed by atoms with Gasteiger partial charge in [0.2, 0.25) is 0 Å². The molecule has 1 aromatic heterocycles. The van der Waals surface area contributed by atoms with Crippen molar-refractivity contribution in [1.82, 2.24) is 4.98 Å². The van der Waals surface area contributed by atoms with Crippen LogP contribution >= 0.6 is 11.3 Å². The van der Waals surface area contributed by atoms with Gasteiger partial charge in [0, 0.05) is 10.9 Å². The molecule has 0 unspecified atom stereocenters. The number of nitrogens with one attached hydrogen (secondary N) is 1. The van der Waals surface area contributed by atoms with E-state index >= 15 is 0 Å². The average molecular weight is 282 g/mol. The van der Waals surface area contributed by atoms with Crippen molar-refractivity contribution in [2.75, 3.05) is 5.32 Å². The maximum absolute atomic E-state index is 11.0. The standard InChI is InChI=1S/C14H22N2O2S/c1-3-4-10-5-7-11(8-6-10)15-14-16-12(13(17)18)9(2)19-14/h10-11H,3-8H2,1-2H3,(H,15,16)(H,17,18). The molecule has 0 spiro atoms. The van der Waals surface area contributed by atoms with E-state index in [2.05, 4.69) is 17.2 Å². The number of hydrogen-bond acceptors (Lipinski definition) is 4. The molecule has 0 atom stereocenters. The molecule has 0 radical (unpaired) electrons. The van der Waals surface area contributed by atoms with Gasteiger partial charge in [-0.15, -0.1) is 11.3 Å². The fourth-order valence-corrected chi connectivity index (χ4v) is 3.72. The van der Waals surface area contributed by atoms with Gasteiger partial charge in [0.05, 0.1) is 0 Å². The Labute approximate surface area is 118 Å². The van der Waals surface area contributed by atoms with Gasteiger partial charge in [-0.2, -0.15) is 0 Å². The van der Waals surface area contributed by atoms with Gasteiger partial charge in [-0.25, -0.2) is 9.78 Å². The molecule has 0 aliphatic heterocycles. The minimum absolute atomic E-state index is 0.187. The Hall–Kier alpha value is -1.10. The highest BCUT2D eigenvalue weighted by molar-refractivity contribution is 7.15. The van der Waals surface area contributed by atoms with Crippen LogP contribution in [0.3, 0.4) is 0 Å². The van der Waals surface area contributed by atoms with Crippen LogP contribution in [0.15, 0.2) is 0 Å². The Morgan fingerprint density at radius 1 is 1.42 bits per heavy atom. The lowest BCUT2D eigenvalue weighted by molar-refractivity contribution is 0.0690. The minimum Gasteiger partial charge on any atom is -0.476 e. The molecule has 2 N–H and O–H groups in total. The maximum Gasteiger partial charge on any atom is 0.355 e. The van der Waals surface area contributed by atoms with Crippen molar-refractivity contribution in [3.8, 4) is 0 Å². The topological polar surface area (TPSA) is 62.2 Å². The van der Waals surface area contributed by atoms with Gasteiger partial charge < -0.3 is 10.4 Å². The van der Waals surface area contributed by atoms with Crippen LogP contribution in [0.1, 0.15) is 60.8 Å². The van der Waals surface area contributed by atoms with E-state index < -0.39 is 5.97 Å². The smallest absolute Gasteiger partial charge is 0.355 e. The van der Waals surface area contributed by atoms with Crippen LogP contribution < -0.4 is 5.32 Å². The molecule has 1 aliphatic rings. The monoisotopic (exact) mass is 282 g/mol. The Kier molecular flexibility index (Phi) is 4.80. The highest BCUT2D eigenvalue weighted by atomic mass is 32.1. The number of aromatic carboxylic acids is 1. The van der Waals surface area contributed by atoms with E-state index in [4.69, 9.17) is 5.11 Å². The number of carboxylic acid groups (broad SMARTS) is 1. The number of thiazole rings is 1. The Balaban J connectivity index is 1.89. The summed E-state index contributed by atoms with van der Waals surface area (Å²) in [6.45, 7) is 4.06. The molecule has 0 aromatic carbocycles. The summed E-state index contributed by atoms with van der Waals surface area (Å²) in [5.74, 6) is -0.0517. The van der Waals surface area contributed by atoms with Crippen molar-refractivity contribution in [3.63, 3.8) is 0 Å². The molecule has 1 saturated carbocycles. The first-order valence-corrected chi connectivity index (χ1v) is 7.89. The molecular formula is C14H22N2O2S. The first-order chi connectivity index (χ1) is 9.10.